The first-order valence-corrected chi connectivity index (χ1v) is 10.8. The molecule has 0 fully saturated rings. The monoisotopic (exact) mass is 403 g/mol. The maximum atomic E-state index is 12.6. The van der Waals surface area contributed by atoms with Crippen LogP contribution in [0.5, 0.6) is 5.75 Å². The van der Waals surface area contributed by atoms with Gasteiger partial charge in [-0.1, -0.05) is 30.3 Å². The van der Waals surface area contributed by atoms with Gasteiger partial charge in [0, 0.05) is 25.8 Å². The SMILES string of the molecule is CCS(=O)(=O)N1C[C@H](C(=O)NCCN(C)c2ccccc2)Oc2ccccc21. The van der Waals surface area contributed by atoms with Crippen molar-refractivity contribution >= 4 is 27.3 Å². The average molecular weight is 404 g/mol. The number of carbonyl (C=O) groups is 1. The maximum Gasteiger partial charge on any atom is 0.263 e. The van der Waals surface area contributed by atoms with Crippen molar-refractivity contribution in [2.24, 2.45) is 0 Å². The van der Waals surface area contributed by atoms with Gasteiger partial charge in [0.1, 0.15) is 5.75 Å². The molecule has 8 heteroatoms. The minimum Gasteiger partial charge on any atom is -0.476 e. The topological polar surface area (TPSA) is 79.0 Å². The summed E-state index contributed by atoms with van der Waals surface area (Å²) in [6.07, 6.45) is -0.891. The quantitative estimate of drug-likeness (QED) is 0.763. The predicted octanol–water partition coefficient (Wildman–Crippen LogP) is 1.86. The van der Waals surface area contributed by atoms with Crippen LogP contribution in [0.4, 0.5) is 11.4 Å². The van der Waals surface area contributed by atoms with E-state index in [1.54, 1.807) is 31.2 Å². The van der Waals surface area contributed by atoms with Gasteiger partial charge in [-0.3, -0.25) is 9.10 Å². The average Bonchev–Trinajstić information content (AvgIpc) is 2.73. The minimum atomic E-state index is -3.51. The smallest absolute Gasteiger partial charge is 0.263 e. The van der Waals surface area contributed by atoms with Crippen LogP contribution in [-0.2, 0) is 14.8 Å². The Labute approximate surface area is 166 Å². The Bertz CT molecular complexity index is 918. The van der Waals surface area contributed by atoms with Gasteiger partial charge in [-0.25, -0.2) is 8.42 Å². The zero-order chi connectivity index (χ0) is 20.1. The molecule has 1 N–H and O–H groups in total. The summed E-state index contributed by atoms with van der Waals surface area (Å²) in [7, 11) is -1.56. The van der Waals surface area contributed by atoms with E-state index >= 15 is 0 Å². The molecule has 2 aromatic carbocycles. The van der Waals surface area contributed by atoms with Gasteiger partial charge in [-0.2, -0.15) is 0 Å². The van der Waals surface area contributed by atoms with E-state index in [-0.39, 0.29) is 18.2 Å². The van der Waals surface area contributed by atoms with Crippen LogP contribution in [0.1, 0.15) is 6.92 Å². The number of rotatable bonds is 7. The second kappa shape index (κ2) is 8.52. The summed E-state index contributed by atoms with van der Waals surface area (Å²) in [6.45, 7) is 2.59. The fourth-order valence-corrected chi connectivity index (χ4v) is 4.15. The summed E-state index contributed by atoms with van der Waals surface area (Å²) in [5.74, 6) is 0.0250. The first-order valence-electron chi connectivity index (χ1n) is 9.22. The molecule has 150 valence electrons. The number of sulfonamides is 1. The van der Waals surface area contributed by atoms with Crippen LogP contribution in [-0.4, -0.2) is 52.9 Å². The third-order valence-electron chi connectivity index (χ3n) is 4.67. The number of amides is 1. The van der Waals surface area contributed by atoms with Gasteiger partial charge in [0.2, 0.25) is 10.0 Å². The molecule has 28 heavy (non-hydrogen) atoms. The number of nitrogens with one attached hydrogen (secondary N) is 1. The molecule has 1 aliphatic rings. The van der Waals surface area contributed by atoms with Gasteiger partial charge < -0.3 is 15.0 Å². The van der Waals surface area contributed by atoms with Crippen LogP contribution in [0, 0.1) is 0 Å². The molecule has 0 aromatic heterocycles. The number of ether oxygens (including phenoxy) is 1. The number of anilines is 2. The van der Waals surface area contributed by atoms with E-state index in [2.05, 4.69) is 5.32 Å². The number of nitrogens with zero attached hydrogens (tertiary/aromatic N) is 2. The number of fused-ring (bicyclic) bond motifs is 1. The van der Waals surface area contributed by atoms with Crippen LogP contribution < -0.4 is 19.3 Å². The molecule has 1 amide bonds. The second-order valence-electron chi connectivity index (χ2n) is 6.55. The van der Waals surface area contributed by atoms with Gasteiger partial charge in [-0.05, 0) is 31.2 Å². The van der Waals surface area contributed by atoms with Crippen molar-refractivity contribution in [2.75, 3.05) is 41.6 Å². The van der Waals surface area contributed by atoms with E-state index in [4.69, 9.17) is 4.74 Å². The summed E-state index contributed by atoms with van der Waals surface area (Å²) in [4.78, 5) is 14.6. The highest BCUT2D eigenvalue weighted by atomic mass is 32.2. The standard InChI is InChI=1S/C20H25N3O4S/c1-3-28(25,26)23-15-19(27-18-12-8-7-11-17(18)23)20(24)21-13-14-22(2)16-9-5-4-6-10-16/h4-12,19H,3,13-15H2,1-2H3,(H,21,24)/t19-/m1/s1. The van der Waals surface area contributed by atoms with Crippen molar-refractivity contribution < 1.29 is 17.9 Å². The van der Waals surface area contributed by atoms with E-state index in [9.17, 15) is 13.2 Å². The molecule has 7 nitrogen and oxygen atoms in total. The van der Waals surface area contributed by atoms with Crippen LogP contribution in [0.25, 0.3) is 0 Å². The lowest BCUT2D eigenvalue weighted by atomic mass is 10.2. The van der Waals surface area contributed by atoms with E-state index in [1.807, 2.05) is 42.3 Å². The fraction of sp³-hybridized carbons (Fsp3) is 0.350. The molecule has 0 spiro atoms. The highest BCUT2D eigenvalue weighted by Gasteiger charge is 2.35. The Morgan fingerprint density at radius 3 is 2.57 bits per heavy atom. The lowest BCUT2D eigenvalue weighted by Crippen LogP contribution is -2.51. The van der Waals surface area contributed by atoms with Crippen LogP contribution in [0.3, 0.4) is 0 Å². The lowest BCUT2D eigenvalue weighted by molar-refractivity contribution is -0.127. The van der Waals surface area contributed by atoms with Crippen molar-refractivity contribution in [3.05, 3.63) is 54.6 Å². The third kappa shape index (κ3) is 4.39. The zero-order valence-corrected chi connectivity index (χ0v) is 16.9. The van der Waals surface area contributed by atoms with Crippen LogP contribution >= 0.6 is 0 Å². The van der Waals surface area contributed by atoms with E-state index < -0.39 is 16.1 Å². The van der Waals surface area contributed by atoms with Gasteiger partial charge in [0.25, 0.3) is 5.91 Å². The molecule has 3 rings (SSSR count). The summed E-state index contributed by atoms with van der Waals surface area (Å²) in [6, 6.07) is 16.7. The number of hydrogen-bond donors (Lipinski definition) is 1. The summed E-state index contributed by atoms with van der Waals surface area (Å²) >= 11 is 0. The summed E-state index contributed by atoms with van der Waals surface area (Å²) in [5, 5.41) is 2.85. The minimum absolute atomic E-state index is 0.0342. The molecule has 0 saturated carbocycles. The third-order valence-corrected chi connectivity index (χ3v) is 6.42. The normalized spacial score (nSPS) is 16.1. The molecule has 1 aliphatic heterocycles. The Balaban J connectivity index is 1.64. The highest BCUT2D eigenvalue weighted by molar-refractivity contribution is 7.92. The molecule has 0 radical (unpaired) electrons. The van der Waals surface area contributed by atoms with Gasteiger partial charge in [0.05, 0.1) is 18.0 Å². The van der Waals surface area contributed by atoms with Crippen LogP contribution in [0.2, 0.25) is 0 Å². The van der Waals surface area contributed by atoms with Gasteiger partial charge >= 0.3 is 0 Å². The molecule has 0 unspecified atom stereocenters. The van der Waals surface area contributed by atoms with Crippen molar-refractivity contribution in [3.8, 4) is 5.75 Å². The highest BCUT2D eigenvalue weighted by Crippen LogP contribution is 2.35. The Hall–Kier alpha value is -2.74. The molecule has 0 aliphatic carbocycles. The number of hydrogen-bond acceptors (Lipinski definition) is 5. The number of benzene rings is 2. The molecule has 1 heterocycles. The van der Waals surface area contributed by atoms with E-state index in [0.717, 1.165) is 5.69 Å². The lowest BCUT2D eigenvalue weighted by Gasteiger charge is -2.34. The fourth-order valence-electron chi connectivity index (χ4n) is 3.03. The van der Waals surface area contributed by atoms with Gasteiger partial charge in [0.15, 0.2) is 6.10 Å². The summed E-state index contributed by atoms with van der Waals surface area (Å²) < 4.78 is 32.0. The predicted molar refractivity (Wildman–Crippen MR) is 110 cm³/mol. The molecule has 0 saturated heterocycles. The van der Waals surface area contributed by atoms with Crippen molar-refractivity contribution in [2.45, 2.75) is 13.0 Å². The first-order chi connectivity index (χ1) is 13.4. The zero-order valence-electron chi connectivity index (χ0n) is 16.0. The number of para-hydroxylation sites is 3. The molecule has 1 atom stereocenters. The van der Waals surface area contributed by atoms with Crippen molar-refractivity contribution in [3.63, 3.8) is 0 Å². The largest absolute Gasteiger partial charge is 0.476 e. The molecule has 0 bridgehead atoms. The van der Waals surface area contributed by atoms with Crippen molar-refractivity contribution in [1.82, 2.24) is 5.32 Å². The first kappa shape index (κ1) is 20.0. The Kier molecular flexibility index (Phi) is 6.08. The number of likely N-dealkylation sites (N-methyl/N-ethyl adjacent to an activating group) is 1. The Morgan fingerprint density at radius 2 is 1.86 bits per heavy atom. The van der Waals surface area contributed by atoms with Gasteiger partial charge in [-0.15, -0.1) is 0 Å². The second-order valence-corrected chi connectivity index (χ2v) is 8.74. The molecular formula is C20H25N3O4S. The molecule has 2 aromatic rings. The van der Waals surface area contributed by atoms with Crippen LogP contribution in [0.15, 0.2) is 54.6 Å². The summed E-state index contributed by atoms with van der Waals surface area (Å²) in [5.41, 5.74) is 1.53. The van der Waals surface area contributed by atoms with E-state index in [0.29, 0.717) is 24.5 Å². The number of carbonyl (C=O) groups excluding carboxylic acids is 1. The maximum absolute atomic E-state index is 12.6. The Morgan fingerprint density at radius 1 is 1.18 bits per heavy atom. The van der Waals surface area contributed by atoms with Crippen molar-refractivity contribution in [1.29, 1.82) is 0 Å². The van der Waals surface area contributed by atoms with E-state index in [1.165, 1.54) is 4.31 Å². The molecular weight excluding hydrogens is 378 g/mol.